The number of aliphatic carboxylic acids is 1. The number of rotatable bonds is 3. The van der Waals surface area contributed by atoms with Gasteiger partial charge < -0.3 is 9.84 Å². The van der Waals surface area contributed by atoms with Crippen LogP contribution >= 0.6 is 0 Å². The highest BCUT2D eigenvalue weighted by molar-refractivity contribution is 5.92. The number of methoxy groups -OCH3 is 1. The van der Waals surface area contributed by atoms with Crippen molar-refractivity contribution in [3.63, 3.8) is 0 Å². The van der Waals surface area contributed by atoms with E-state index in [0.29, 0.717) is 0 Å². The molecule has 0 amide bonds. The molecule has 0 radical (unpaired) electrons. The Morgan fingerprint density at radius 1 is 1.45 bits per heavy atom. The van der Waals surface area contributed by atoms with Gasteiger partial charge in [-0.15, -0.1) is 0 Å². The number of carbonyl (C=O) groups is 2. The van der Waals surface area contributed by atoms with E-state index in [1.807, 2.05) is 0 Å². The molecule has 104 valence electrons. The maximum atomic E-state index is 11.6. The molecule has 20 heavy (non-hydrogen) atoms. The van der Waals surface area contributed by atoms with E-state index in [-0.39, 0.29) is 22.4 Å². The fraction of sp³-hybridized carbons (Fsp3) is 0.231. The standard InChI is InChI=1S/C13H11NO6/c1-8-10(13(17)20-2)6-9(4-3-5-12(15)16)7-11(8)14(18)19/h6-7H,5H2,1-2H3,(H,15,16). The maximum absolute atomic E-state index is 11.6. The summed E-state index contributed by atoms with van der Waals surface area (Å²) in [7, 11) is 1.16. The third kappa shape index (κ3) is 3.55. The minimum Gasteiger partial charge on any atom is -0.481 e. The highest BCUT2D eigenvalue weighted by Crippen LogP contribution is 2.24. The summed E-state index contributed by atoms with van der Waals surface area (Å²) in [6.45, 7) is 1.43. The summed E-state index contributed by atoms with van der Waals surface area (Å²) >= 11 is 0. The fourth-order valence-corrected chi connectivity index (χ4v) is 1.50. The van der Waals surface area contributed by atoms with Gasteiger partial charge in [-0.1, -0.05) is 11.8 Å². The topological polar surface area (TPSA) is 107 Å². The van der Waals surface area contributed by atoms with Crippen LogP contribution in [0.25, 0.3) is 0 Å². The van der Waals surface area contributed by atoms with E-state index in [0.717, 1.165) is 7.11 Å². The number of ether oxygens (including phenoxy) is 1. The molecule has 0 saturated carbocycles. The van der Waals surface area contributed by atoms with Crippen LogP contribution in [0.5, 0.6) is 0 Å². The van der Waals surface area contributed by atoms with Crippen LogP contribution in [0.4, 0.5) is 5.69 Å². The average molecular weight is 277 g/mol. The van der Waals surface area contributed by atoms with E-state index in [9.17, 15) is 19.7 Å². The normalized spacial score (nSPS) is 9.30. The molecule has 0 spiro atoms. The first-order chi connectivity index (χ1) is 9.36. The lowest BCUT2D eigenvalue weighted by Gasteiger charge is -2.05. The Morgan fingerprint density at radius 2 is 2.10 bits per heavy atom. The molecule has 0 atom stereocenters. The van der Waals surface area contributed by atoms with Crippen molar-refractivity contribution in [3.8, 4) is 11.8 Å². The SMILES string of the molecule is COC(=O)c1cc(C#CCC(=O)O)cc([N+](=O)[O-])c1C. The zero-order chi connectivity index (χ0) is 15.3. The van der Waals surface area contributed by atoms with Gasteiger partial charge in [0.05, 0.1) is 17.6 Å². The number of nitrogens with zero attached hydrogens (tertiary/aromatic N) is 1. The molecule has 7 heteroatoms. The predicted octanol–water partition coefficient (Wildman–Crippen LogP) is 1.52. The number of benzene rings is 1. The van der Waals surface area contributed by atoms with Crippen LogP contribution in [0.15, 0.2) is 12.1 Å². The van der Waals surface area contributed by atoms with Crippen LogP contribution in [-0.2, 0) is 9.53 Å². The highest BCUT2D eigenvalue weighted by atomic mass is 16.6. The number of carbonyl (C=O) groups excluding carboxylic acids is 1. The third-order valence-corrected chi connectivity index (χ3v) is 2.45. The molecule has 0 bridgehead atoms. The molecule has 7 nitrogen and oxygen atoms in total. The molecule has 0 fully saturated rings. The van der Waals surface area contributed by atoms with Gasteiger partial charge in [0.15, 0.2) is 0 Å². The summed E-state index contributed by atoms with van der Waals surface area (Å²) in [5.41, 5.74) is 0.114. The predicted molar refractivity (Wildman–Crippen MR) is 68.3 cm³/mol. The smallest absolute Gasteiger partial charge is 0.338 e. The van der Waals surface area contributed by atoms with Crippen LogP contribution in [0.1, 0.15) is 27.9 Å². The zero-order valence-electron chi connectivity index (χ0n) is 10.8. The molecule has 0 heterocycles. The second kappa shape index (κ2) is 6.33. The summed E-state index contributed by atoms with van der Waals surface area (Å²) in [5.74, 6) is 3.00. The van der Waals surface area contributed by atoms with Gasteiger partial charge in [0.25, 0.3) is 5.69 Å². The van der Waals surface area contributed by atoms with Crippen LogP contribution in [0.2, 0.25) is 0 Å². The van der Waals surface area contributed by atoms with Gasteiger partial charge in [0, 0.05) is 17.2 Å². The molecule has 0 aliphatic rings. The van der Waals surface area contributed by atoms with Crippen LogP contribution in [0.3, 0.4) is 0 Å². The summed E-state index contributed by atoms with van der Waals surface area (Å²) < 4.78 is 4.55. The minimum atomic E-state index is -1.10. The Labute approximate surface area is 114 Å². The second-order valence-corrected chi connectivity index (χ2v) is 3.79. The molecule has 0 unspecified atom stereocenters. The number of nitro groups is 1. The van der Waals surface area contributed by atoms with Crippen molar-refractivity contribution in [1.82, 2.24) is 0 Å². The quantitative estimate of drug-likeness (QED) is 0.388. The number of esters is 1. The van der Waals surface area contributed by atoms with Gasteiger partial charge >= 0.3 is 11.9 Å². The van der Waals surface area contributed by atoms with Gasteiger partial charge in [-0.3, -0.25) is 14.9 Å². The van der Waals surface area contributed by atoms with Crippen LogP contribution < -0.4 is 0 Å². The summed E-state index contributed by atoms with van der Waals surface area (Å²) in [6.07, 6.45) is -0.394. The number of hydrogen-bond acceptors (Lipinski definition) is 5. The van der Waals surface area contributed by atoms with Crippen molar-refractivity contribution in [2.75, 3.05) is 7.11 Å². The molecule has 1 aromatic carbocycles. The Balaban J connectivity index is 3.35. The largest absolute Gasteiger partial charge is 0.481 e. The molecule has 0 aliphatic heterocycles. The lowest BCUT2D eigenvalue weighted by Crippen LogP contribution is -2.06. The molecule has 0 aliphatic carbocycles. The highest BCUT2D eigenvalue weighted by Gasteiger charge is 2.20. The van der Waals surface area contributed by atoms with Crippen LogP contribution in [0, 0.1) is 28.9 Å². The van der Waals surface area contributed by atoms with Crippen molar-refractivity contribution in [1.29, 1.82) is 0 Å². The Bertz CT molecular complexity index is 638. The van der Waals surface area contributed by atoms with E-state index in [2.05, 4.69) is 16.6 Å². The zero-order valence-corrected chi connectivity index (χ0v) is 10.8. The van der Waals surface area contributed by atoms with Gasteiger partial charge in [0.1, 0.15) is 6.42 Å². The van der Waals surface area contributed by atoms with Crippen LogP contribution in [-0.4, -0.2) is 29.1 Å². The van der Waals surface area contributed by atoms with Crippen molar-refractivity contribution in [2.24, 2.45) is 0 Å². The van der Waals surface area contributed by atoms with Gasteiger partial charge in [-0.25, -0.2) is 4.79 Å². The molecule has 0 saturated heterocycles. The first kappa shape index (κ1) is 15.2. The van der Waals surface area contributed by atoms with Crippen molar-refractivity contribution in [2.45, 2.75) is 13.3 Å². The van der Waals surface area contributed by atoms with Crippen molar-refractivity contribution < 1.29 is 24.4 Å². The first-order valence-electron chi connectivity index (χ1n) is 5.44. The van der Waals surface area contributed by atoms with E-state index in [1.165, 1.54) is 19.1 Å². The maximum Gasteiger partial charge on any atom is 0.338 e. The molecule has 1 rings (SSSR count). The molecular weight excluding hydrogens is 266 g/mol. The van der Waals surface area contributed by atoms with Gasteiger partial charge in [0.2, 0.25) is 0 Å². The van der Waals surface area contributed by atoms with Crippen molar-refractivity contribution >= 4 is 17.6 Å². The number of hydrogen-bond donors (Lipinski definition) is 1. The second-order valence-electron chi connectivity index (χ2n) is 3.79. The number of carboxylic acid groups (broad SMARTS) is 1. The minimum absolute atomic E-state index is 0.0290. The number of carboxylic acids is 1. The lowest BCUT2D eigenvalue weighted by atomic mass is 10.0. The van der Waals surface area contributed by atoms with Crippen molar-refractivity contribution in [3.05, 3.63) is 38.9 Å². The summed E-state index contributed by atoms with van der Waals surface area (Å²) in [5, 5.41) is 19.4. The average Bonchev–Trinajstić information content (AvgIpc) is 2.38. The Hall–Kier alpha value is -2.88. The molecule has 1 N–H and O–H groups in total. The fourth-order valence-electron chi connectivity index (χ4n) is 1.50. The number of nitro benzene ring substituents is 1. The lowest BCUT2D eigenvalue weighted by molar-refractivity contribution is -0.385. The third-order valence-electron chi connectivity index (χ3n) is 2.45. The molecule has 1 aromatic rings. The summed E-state index contributed by atoms with van der Waals surface area (Å²) in [4.78, 5) is 32.2. The Morgan fingerprint density at radius 3 is 2.60 bits per heavy atom. The van der Waals surface area contributed by atoms with E-state index >= 15 is 0 Å². The first-order valence-corrected chi connectivity index (χ1v) is 5.44. The molecular formula is C13H11NO6. The van der Waals surface area contributed by atoms with E-state index < -0.39 is 23.3 Å². The monoisotopic (exact) mass is 277 g/mol. The van der Waals surface area contributed by atoms with E-state index in [1.54, 1.807) is 0 Å². The molecule has 0 aromatic heterocycles. The van der Waals surface area contributed by atoms with Gasteiger partial charge in [-0.2, -0.15) is 0 Å². The van der Waals surface area contributed by atoms with E-state index in [4.69, 9.17) is 5.11 Å². The van der Waals surface area contributed by atoms with Gasteiger partial charge in [-0.05, 0) is 13.0 Å². The Kier molecular flexibility index (Phi) is 4.81. The summed E-state index contributed by atoms with van der Waals surface area (Å²) in [6, 6.07) is 2.53.